The van der Waals surface area contributed by atoms with E-state index in [2.05, 4.69) is 29.9 Å². The highest BCUT2D eigenvalue weighted by Gasteiger charge is 2.13. The first-order chi connectivity index (χ1) is 9.77. The number of hydrogen-bond donors (Lipinski definition) is 0. The molecule has 0 aliphatic rings. The summed E-state index contributed by atoms with van der Waals surface area (Å²) in [5, 5.41) is 0. The average molecular weight is 276 g/mol. The third kappa shape index (κ3) is 7.02. The molecule has 2 nitrogen and oxygen atoms in total. The summed E-state index contributed by atoms with van der Waals surface area (Å²) < 4.78 is 0. The molecule has 1 rings (SSSR count). The van der Waals surface area contributed by atoms with Crippen LogP contribution in [0.2, 0.25) is 0 Å². The Hall–Kier alpha value is -0.920. The van der Waals surface area contributed by atoms with Crippen LogP contribution in [-0.4, -0.2) is 9.97 Å². The topological polar surface area (TPSA) is 25.8 Å². The van der Waals surface area contributed by atoms with E-state index in [-0.39, 0.29) is 0 Å². The minimum atomic E-state index is 0.644. The molecule has 0 unspecified atom stereocenters. The molecule has 0 saturated heterocycles. The summed E-state index contributed by atoms with van der Waals surface area (Å²) in [5.74, 6) is 1.56. The fraction of sp³-hybridized carbons (Fsp3) is 0.778. The van der Waals surface area contributed by atoms with Gasteiger partial charge in [-0.1, -0.05) is 65.2 Å². The molecule has 0 aromatic carbocycles. The minimum absolute atomic E-state index is 0.644. The van der Waals surface area contributed by atoms with Gasteiger partial charge < -0.3 is 0 Å². The van der Waals surface area contributed by atoms with E-state index in [1.54, 1.807) is 0 Å². The number of unbranched alkanes of at least 4 members (excludes halogenated alkanes) is 6. The van der Waals surface area contributed by atoms with Gasteiger partial charge in [0.15, 0.2) is 0 Å². The predicted molar refractivity (Wildman–Crippen MR) is 87.0 cm³/mol. The van der Waals surface area contributed by atoms with Crippen LogP contribution in [0.15, 0.2) is 12.3 Å². The van der Waals surface area contributed by atoms with Crippen LogP contribution in [0, 0.1) is 6.92 Å². The molecule has 114 valence electrons. The van der Waals surface area contributed by atoms with Crippen LogP contribution in [0.25, 0.3) is 0 Å². The van der Waals surface area contributed by atoms with Crippen LogP contribution in [-0.2, 0) is 0 Å². The molecule has 1 aromatic heterocycles. The summed E-state index contributed by atoms with van der Waals surface area (Å²) in [6.45, 7) is 6.54. The smallest absolute Gasteiger partial charge is 0.125 e. The molecule has 0 radical (unpaired) electrons. The van der Waals surface area contributed by atoms with E-state index >= 15 is 0 Å². The first kappa shape index (κ1) is 17.1. The van der Waals surface area contributed by atoms with E-state index in [1.165, 1.54) is 69.9 Å². The second kappa shape index (κ2) is 10.8. The largest absolute Gasteiger partial charge is 0.242 e. The molecule has 0 N–H and O–H groups in total. The van der Waals surface area contributed by atoms with Crippen molar-refractivity contribution in [2.75, 3.05) is 0 Å². The summed E-state index contributed by atoms with van der Waals surface area (Å²) in [4.78, 5) is 8.89. The highest BCUT2D eigenvalue weighted by molar-refractivity contribution is 5.08. The number of aromatic nitrogens is 2. The molecule has 0 atom stereocenters. The Balaban J connectivity index is 2.49. The van der Waals surface area contributed by atoms with Crippen LogP contribution in [0.4, 0.5) is 0 Å². The van der Waals surface area contributed by atoms with Crippen molar-refractivity contribution in [1.29, 1.82) is 0 Å². The predicted octanol–water partition coefficient (Wildman–Crippen LogP) is 5.81. The third-order valence-corrected chi connectivity index (χ3v) is 4.03. The number of rotatable bonds is 11. The number of hydrogen-bond acceptors (Lipinski definition) is 2. The Kier molecular flexibility index (Phi) is 9.27. The SMILES string of the molecule is CCCCCCC(CCCCCC)c1ccnc(C)n1. The second-order valence-corrected chi connectivity index (χ2v) is 5.92. The zero-order chi connectivity index (χ0) is 14.6. The van der Waals surface area contributed by atoms with Gasteiger partial charge in [0.1, 0.15) is 5.82 Å². The molecule has 2 heteroatoms. The molecular formula is C18H32N2. The van der Waals surface area contributed by atoms with Crippen molar-refractivity contribution in [2.45, 2.75) is 90.9 Å². The molecular weight excluding hydrogens is 244 g/mol. The van der Waals surface area contributed by atoms with Crippen LogP contribution >= 0.6 is 0 Å². The number of aryl methyl sites for hydroxylation is 1. The normalized spacial score (nSPS) is 11.2. The monoisotopic (exact) mass is 276 g/mol. The van der Waals surface area contributed by atoms with Gasteiger partial charge in [0.05, 0.1) is 0 Å². The molecule has 1 heterocycles. The van der Waals surface area contributed by atoms with Gasteiger partial charge in [-0.15, -0.1) is 0 Å². The Morgan fingerprint density at radius 2 is 1.50 bits per heavy atom. The van der Waals surface area contributed by atoms with Crippen molar-refractivity contribution in [3.05, 3.63) is 23.8 Å². The van der Waals surface area contributed by atoms with E-state index < -0.39 is 0 Å². The van der Waals surface area contributed by atoms with E-state index in [9.17, 15) is 0 Å². The van der Waals surface area contributed by atoms with Gasteiger partial charge in [0.2, 0.25) is 0 Å². The fourth-order valence-electron chi connectivity index (χ4n) is 2.78. The molecule has 0 fully saturated rings. The van der Waals surface area contributed by atoms with Gasteiger partial charge in [-0.2, -0.15) is 0 Å². The summed E-state index contributed by atoms with van der Waals surface area (Å²) in [6, 6.07) is 2.12. The molecule has 0 aliphatic heterocycles. The third-order valence-electron chi connectivity index (χ3n) is 4.03. The van der Waals surface area contributed by atoms with Gasteiger partial charge >= 0.3 is 0 Å². The van der Waals surface area contributed by atoms with Crippen molar-refractivity contribution in [2.24, 2.45) is 0 Å². The van der Waals surface area contributed by atoms with E-state index in [0.29, 0.717) is 5.92 Å². The average Bonchev–Trinajstić information content (AvgIpc) is 2.45. The Bertz CT molecular complexity index is 337. The van der Waals surface area contributed by atoms with Gasteiger partial charge in [-0.25, -0.2) is 9.97 Å². The van der Waals surface area contributed by atoms with Crippen molar-refractivity contribution in [1.82, 2.24) is 9.97 Å². The van der Waals surface area contributed by atoms with Crippen LogP contribution in [0.1, 0.15) is 95.5 Å². The van der Waals surface area contributed by atoms with Gasteiger partial charge in [0, 0.05) is 17.8 Å². The van der Waals surface area contributed by atoms with Crippen LogP contribution < -0.4 is 0 Å². The summed E-state index contributed by atoms with van der Waals surface area (Å²) in [7, 11) is 0. The van der Waals surface area contributed by atoms with Crippen LogP contribution in [0.5, 0.6) is 0 Å². The highest BCUT2D eigenvalue weighted by Crippen LogP contribution is 2.27. The van der Waals surface area contributed by atoms with Crippen molar-refractivity contribution in [3.63, 3.8) is 0 Å². The zero-order valence-electron chi connectivity index (χ0n) is 13.7. The molecule has 20 heavy (non-hydrogen) atoms. The Labute approximate surface area is 125 Å². The molecule has 0 bridgehead atoms. The Morgan fingerprint density at radius 1 is 0.900 bits per heavy atom. The van der Waals surface area contributed by atoms with E-state index in [1.807, 2.05) is 13.1 Å². The highest BCUT2D eigenvalue weighted by atomic mass is 14.9. The van der Waals surface area contributed by atoms with Gasteiger partial charge in [-0.05, 0) is 25.8 Å². The molecule has 0 amide bonds. The standard InChI is InChI=1S/C18H32N2/c1-4-6-8-10-12-17(13-11-9-7-5-2)18-14-15-19-16(3)20-18/h14-15,17H,4-13H2,1-3H3. The lowest BCUT2D eigenvalue weighted by Gasteiger charge is -2.16. The maximum absolute atomic E-state index is 4.66. The first-order valence-corrected chi connectivity index (χ1v) is 8.57. The minimum Gasteiger partial charge on any atom is -0.242 e. The van der Waals surface area contributed by atoms with Crippen LogP contribution in [0.3, 0.4) is 0 Å². The quantitative estimate of drug-likeness (QED) is 0.477. The van der Waals surface area contributed by atoms with Crippen molar-refractivity contribution in [3.8, 4) is 0 Å². The second-order valence-electron chi connectivity index (χ2n) is 5.92. The molecule has 0 spiro atoms. The van der Waals surface area contributed by atoms with Gasteiger partial charge in [0.25, 0.3) is 0 Å². The molecule has 0 saturated carbocycles. The fourth-order valence-corrected chi connectivity index (χ4v) is 2.78. The molecule has 1 aromatic rings. The first-order valence-electron chi connectivity index (χ1n) is 8.57. The van der Waals surface area contributed by atoms with Gasteiger partial charge in [-0.3, -0.25) is 0 Å². The lowest BCUT2D eigenvalue weighted by molar-refractivity contribution is 0.487. The lowest BCUT2D eigenvalue weighted by atomic mass is 9.91. The summed E-state index contributed by atoms with van der Waals surface area (Å²) in [6.07, 6.45) is 15.3. The maximum atomic E-state index is 4.66. The van der Waals surface area contributed by atoms with E-state index in [4.69, 9.17) is 0 Å². The summed E-state index contributed by atoms with van der Waals surface area (Å²) in [5.41, 5.74) is 1.27. The van der Waals surface area contributed by atoms with E-state index in [0.717, 1.165) is 5.82 Å². The van der Waals surface area contributed by atoms with Crippen molar-refractivity contribution >= 4 is 0 Å². The summed E-state index contributed by atoms with van der Waals surface area (Å²) >= 11 is 0. The zero-order valence-corrected chi connectivity index (χ0v) is 13.7. The van der Waals surface area contributed by atoms with Crippen molar-refractivity contribution < 1.29 is 0 Å². The Morgan fingerprint density at radius 3 is 2.00 bits per heavy atom. The number of nitrogens with zero attached hydrogens (tertiary/aromatic N) is 2. The molecule has 0 aliphatic carbocycles. The maximum Gasteiger partial charge on any atom is 0.125 e. The lowest BCUT2D eigenvalue weighted by Crippen LogP contribution is -2.04.